The molecule has 1 amide bonds. The average Bonchev–Trinajstić information content (AvgIpc) is 3.56. The number of aromatic nitrogens is 3. The van der Waals surface area contributed by atoms with Gasteiger partial charge in [-0.1, -0.05) is 54.7 Å². The topological polar surface area (TPSA) is 106 Å². The number of amides is 1. The summed E-state index contributed by atoms with van der Waals surface area (Å²) in [5, 5.41) is 8.01. The molecule has 11 heteroatoms. The number of para-hydroxylation sites is 1. The molecule has 0 aliphatic heterocycles. The zero-order chi connectivity index (χ0) is 28.3. The standard InChI is InChI=1S/C29H29N5O4S2/c1-4-33(19-21-10-7-6-8-11-21)40(36,37)23-16-14-22(15-17-23)28(35)30-26-18-20(3)32-34(26)29-31-27-24(38-5-2)12-9-13-25(27)39-29/h6-18H,4-5,19H2,1-3H3,(H,30,35). The second kappa shape index (κ2) is 11.6. The van der Waals surface area contributed by atoms with Gasteiger partial charge in [0, 0.05) is 24.7 Å². The van der Waals surface area contributed by atoms with Gasteiger partial charge in [0.25, 0.3) is 5.91 Å². The molecule has 206 valence electrons. The second-order valence-corrected chi connectivity index (χ2v) is 12.0. The molecule has 0 saturated carbocycles. The Bertz CT molecular complexity index is 1750. The largest absolute Gasteiger partial charge is 0.492 e. The van der Waals surface area contributed by atoms with E-state index in [4.69, 9.17) is 9.72 Å². The summed E-state index contributed by atoms with van der Waals surface area (Å²) in [4.78, 5) is 18.0. The van der Waals surface area contributed by atoms with Crippen LogP contribution in [0, 0.1) is 6.92 Å². The number of ether oxygens (including phenoxy) is 1. The lowest BCUT2D eigenvalue weighted by molar-refractivity contribution is 0.102. The molecule has 0 unspecified atom stereocenters. The average molecular weight is 576 g/mol. The highest BCUT2D eigenvalue weighted by molar-refractivity contribution is 7.89. The van der Waals surface area contributed by atoms with E-state index in [1.807, 2.05) is 62.4 Å². The first-order valence-corrected chi connectivity index (χ1v) is 15.1. The molecule has 0 radical (unpaired) electrons. The van der Waals surface area contributed by atoms with Crippen LogP contribution in [0.2, 0.25) is 0 Å². The fraction of sp³-hybridized carbons (Fsp3) is 0.207. The SMILES string of the molecule is CCOc1cccc2sc(-n3nc(C)cc3NC(=O)c3ccc(S(=O)(=O)N(CC)Cc4ccccc4)cc3)nc12. The number of anilines is 1. The quantitative estimate of drug-likeness (QED) is 0.231. The van der Waals surface area contributed by atoms with E-state index in [0.29, 0.717) is 41.1 Å². The number of sulfonamides is 1. The molecule has 5 aromatic rings. The fourth-order valence-electron chi connectivity index (χ4n) is 4.28. The van der Waals surface area contributed by atoms with Crippen LogP contribution >= 0.6 is 11.3 Å². The van der Waals surface area contributed by atoms with Gasteiger partial charge in [0.15, 0.2) is 0 Å². The number of thiazole rings is 1. The van der Waals surface area contributed by atoms with E-state index in [2.05, 4.69) is 10.4 Å². The van der Waals surface area contributed by atoms with E-state index in [0.717, 1.165) is 15.8 Å². The lowest BCUT2D eigenvalue weighted by Crippen LogP contribution is -2.30. The molecule has 2 aromatic heterocycles. The van der Waals surface area contributed by atoms with Gasteiger partial charge >= 0.3 is 0 Å². The third-order valence-corrected chi connectivity index (χ3v) is 9.16. The van der Waals surface area contributed by atoms with Gasteiger partial charge in [-0.05, 0) is 55.8 Å². The number of nitrogens with zero attached hydrogens (tertiary/aromatic N) is 4. The first-order chi connectivity index (χ1) is 19.3. The van der Waals surface area contributed by atoms with Crippen molar-refractivity contribution in [2.75, 3.05) is 18.5 Å². The Hall–Kier alpha value is -4.06. The van der Waals surface area contributed by atoms with Crippen LogP contribution in [0.5, 0.6) is 5.75 Å². The zero-order valence-electron chi connectivity index (χ0n) is 22.4. The van der Waals surface area contributed by atoms with Crippen molar-refractivity contribution in [3.8, 4) is 10.9 Å². The first kappa shape index (κ1) is 27.5. The summed E-state index contributed by atoms with van der Waals surface area (Å²) < 4.78 is 36.2. The van der Waals surface area contributed by atoms with Gasteiger partial charge in [0.05, 0.1) is 21.9 Å². The molecule has 2 heterocycles. The van der Waals surface area contributed by atoms with Crippen LogP contribution in [0.4, 0.5) is 5.82 Å². The number of fused-ring (bicyclic) bond motifs is 1. The highest BCUT2D eigenvalue weighted by Crippen LogP contribution is 2.33. The Morgan fingerprint density at radius 1 is 1.02 bits per heavy atom. The van der Waals surface area contributed by atoms with Crippen molar-refractivity contribution < 1.29 is 17.9 Å². The Labute approximate surface area is 237 Å². The summed E-state index contributed by atoms with van der Waals surface area (Å²) >= 11 is 1.44. The maximum Gasteiger partial charge on any atom is 0.256 e. The number of aryl methyl sites for hydroxylation is 1. The molecule has 0 spiro atoms. The number of hydrogen-bond donors (Lipinski definition) is 1. The van der Waals surface area contributed by atoms with Crippen LogP contribution in [0.15, 0.2) is 83.8 Å². The number of hydrogen-bond acceptors (Lipinski definition) is 7. The van der Waals surface area contributed by atoms with E-state index in [1.165, 1.54) is 39.9 Å². The molecule has 5 rings (SSSR count). The monoisotopic (exact) mass is 575 g/mol. The molecule has 0 saturated heterocycles. The van der Waals surface area contributed by atoms with Gasteiger partial charge in [-0.2, -0.15) is 14.1 Å². The van der Waals surface area contributed by atoms with Gasteiger partial charge < -0.3 is 10.1 Å². The third kappa shape index (κ3) is 5.62. The van der Waals surface area contributed by atoms with Crippen LogP contribution in [0.3, 0.4) is 0 Å². The first-order valence-electron chi connectivity index (χ1n) is 12.8. The molecule has 40 heavy (non-hydrogen) atoms. The normalized spacial score (nSPS) is 11.7. The Morgan fingerprint density at radius 2 is 1.77 bits per heavy atom. The van der Waals surface area contributed by atoms with Gasteiger partial charge in [-0.15, -0.1) is 0 Å². The molecule has 3 aromatic carbocycles. The van der Waals surface area contributed by atoms with Crippen LogP contribution in [-0.2, 0) is 16.6 Å². The predicted molar refractivity (Wildman–Crippen MR) is 157 cm³/mol. The fourth-order valence-corrected chi connectivity index (χ4v) is 6.66. The minimum atomic E-state index is -3.74. The van der Waals surface area contributed by atoms with Gasteiger partial charge in [-0.25, -0.2) is 13.4 Å². The summed E-state index contributed by atoms with van der Waals surface area (Å²) in [6.07, 6.45) is 0. The van der Waals surface area contributed by atoms with Crippen molar-refractivity contribution in [2.45, 2.75) is 32.2 Å². The lowest BCUT2D eigenvalue weighted by Gasteiger charge is -2.20. The maximum absolute atomic E-state index is 13.3. The summed E-state index contributed by atoms with van der Waals surface area (Å²) in [7, 11) is -3.74. The highest BCUT2D eigenvalue weighted by atomic mass is 32.2. The van der Waals surface area contributed by atoms with Crippen molar-refractivity contribution >= 4 is 43.3 Å². The van der Waals surface area contributed by atoms with Crippen LogP contribution in [-0.4, -0.2) is 46.5 Å². The van der Waals surface area contributed by atoms with Crippen LogP contribution in [0.1, 0.15) is 35.5 Å². The van der Waals surface area contributed by atoms with E-state index < -0.39 is 15.9 Å². The Balaban J connectivity index is 1.36. The van der Waals surface area contributed by atoms with Crippen LogP contribution in [0.25, 0.3) is 15.3 Å². The number of carbonyl (C=O) groups excluding carboxylic acids is 1. The minimum absolute atomic E-state index is 0.127. The second-order valence-electron chi connectivity index (χ2n) is 9.01. The molecule has 0 aliphatic rings. The third-order valence-electron chi connectivity index (χ3n) is 6.23. The molecule has 0 atom stereocenters. The highest BCUT2D eigenvalue weighted by Gasteiger charge is 2.24. The molecular formula is C29H29N5O4S2. The molecular weight excluding hydrogens is 546 g/mol. The maximum atomic E-state index is 13.3. The molecule has 1 N–H and O–H groups in total. The number of nitrogens with one attached hydrogen (secondary N) is 1. The molecule has 0 fully saturated rings. The van der Waals surface area contributed by atoms with Crippen molar-refractivity contribution in [3.63, 3.8) is 0 Å². The molecule has 0 bridgehead atoms. The predicted octanol–water partition coefficient (Wildman–Crippen LogP) is 5.65. The summed E-state index contributed by atoms with van der Waals surface area (Å²) in [6, 6.07) is 22.9. The number of rotatable bonds is 10. The number of carbonyl (C=O) groups is 1. The summed E-state index contributed by atoms with van der Waals surface area (Å²) in [5.74, 6) is 0.756. The van der Waals surface area contributed by atoms with Gasteiger partial charge in [0.2, 0.25) is 15.2 Å². The lowest BCUT2D eigenvalue weighted by atomic mass is 10.2. The smallest absolute Gasteiger partial charge is 0.256 e. The zero-order valence-corrected chi connectivity index (χ0v) is 24.0. The Morgan fingerprint density at radius 3 is 2.48 bits per heavy atom. The number of benzene rings is 3. The Kier molecular flexibility index (Phi) is 7.97. The van der Waals surface area contributed by atoms with Gasteiger partial charge in [0.1, 0.15) is 17.1 Å². The van der Waals surface area contributed by atoms with Crippen molar-refractivity contribution in [1.29, 1.82) is 0 Å². The van der Waals surface area contributed by atoms with Gasteiger partial charge in [-0.3, -0.25) is 4.79 Å². The summed E-state index contributed by atoms with van der Waals surface area (Å²) in [6.45, 7) is 6.67. The van der Waals surface area contributed by atoms with Crippen molar-refractivity contribution in [1.82, 2.24) is 19.1 Å². The summed E-state index contributed by atoms with van der Waals surface area (Å²) in [5.41, 5.74) is 2.66. The molecule has 9 nitrogen and oxygen atoms in total. The van der Waals surface area contributed by atoms with E-state index in [1.54, 1.807) is 17.7 Å². The van der Waals surface area contributed by atoms with E-state index in [9.17, 15) is 13.2 Å². The van der Waals surface area contributed by atoms with E-state index >= 15 is 0 Å². The van der Waals surface area contributed by atoms with Crippen molar-refractivity contribution in [2.24, 2.45) is 0 Å². The van der Waals surface area contributed by atoms with E-state index in [-0.39, 0.29) is 11.4 Å². The van der Waals surface area contributed by atoms with Crippen molar-refractivity contribution in [3.05, 3.63) is 95.7 Å². The molecule has 0 aliphatic carbocycles. The van der Waals surface area contributed by atoms with Crippen LogP contribution < -0.4 is 10.1 Å². The minimum Gasteiger partial charge on any atom is -0.492 e.